The van der Waals surface area contributed by atoms with E-state index in [9.17, 15) is 9.59 Å². The fourth-order valence-electron chi connectivity index (χ4n) is 3.08. The summed E-state index contributed by atoms with van der Waals surface area (Å²) in [7, 11) is 1.38. The summed E-state index contributed by atoms with van der Waals surface area (Å²) in [5.74, 6) is -0.424. The molecule has 1 unspecified atom stereocenters. The molecule has 22 heavy (non-hydrogen) atoms. The lowest BCUT2D eigenvalue weighted by Gasteiger charge is -2.32. The van der Waals surface area contributed by atoms with E-state index in [-0.39, 0.29) is 23.8 Å². The number of carbonyl (C=O) groups excluding carboxylic acids is 2. The first-order valence-corrected chi connectivity index (χ1v) is 8.05. The molecule has 0 saturated heterocycles. The number of hydrogen-bond acceptors (Lipinski definition) is 4. The van der Waals surface area contributed by atoms with Crippen molar-refractivity contribution in [2.24, 2.45) is 5.92 Å². The van der Waals surface area contributed by atoms with Gasteiger partial charge >= 0.3 is 5.97 Å². The molecule has 1 amide bonds. The predicted molar refractivity (Wildman–Crippen MR) is 82.4 cm³/mol. The molecule has 1 atom stereocenters. The van der Waals surface area contributed by atoms with E-state index in [1.54, 1.807) is 19.1 Å². The molecule has 0 N–H and O–H groups in total. The number of ether oxygens (including phenoxy) is 1. The van der Waals surface area contributed by atoms with Crippen molar-refractivity contribution in [1.82, 2.24) is 4.90 Å². The zero-order valence-corrected chi connectivity index (χ0v) is 13.4. The summed E-state index contributed by atoms with van der Waals surface area (Å²) in [4.78, 5) is 26.3. The van der Waals surface area contributed by atoms with Crippen molar-refractivity contribution >= 4 is 11.9 Å². The SMILES string of the molecule is COC(=O)C(C)CN(C(=O)c1ccco1)C1CCCCCC1. The van der Waals surface area contributed by atoms with Gasteiger partial charge in [0.25, 0.3) is 5.91 Å². The summed E-state index contributed by atoms with van der Waals surface area (Å²) in [5, 5.41) is 0. The zero-order valence-electron chi connectivity index (χ0n) is 13.4. The quantitative estimate of drug-likeness (QED) is 0.619. The Kier molecular flexibility index (Phi) is 6.04. The van der Waals surface area contributed by atoms with Gasteiger partial charge in [-0.25, -0.2) is 0 Å². The van der Waals surface area contributed by atoms with Gasteiger partial charge in [0.1, 0.15) is 0 Å². The average Bonchev–Trinajstić information content (AvgIpc) is 2.94. The highest BCUT2D eigenvalue weighted by Crippen LogP contribution is 2.24. The third-order valence-electron chi connectivity index (χ3n) is 4.33. The Bertz CT molecular complexity index is 475. The first-order chi connectivity index (χ1) is 10.6. The van der Waals surface area contributed by atoms with Gasteiger partial charge in [-0.3, -0.25) is 9.59 Å². The van der Waals surface area contributed by atoms with Crippen LogP contribution in [0.2, 0.25) is 0 Å². The maximum Gasteiger partial charge on any atom is 0.310 e. The van der Waals surface area contributed by atoms with Crippen LogP contribution in [-0.2, 0) is 9.53 Å². The van der Waals surface area contributed by atoms with Crippen LogP contribution in [0.4, 0.5) is 0 Å². The van der Waals surface area contributed by atoms with E-state index in [2.05, 4.69) is 0 Å². The molecule has 0 bridgehead atoms. The highest BCUT2D eigenvalue weighted by molar-refractivity contribution is 5.92. The second kappa shape index (κ2) is 8.01. The summed E-state index contributed by atoms with van der Waals surface area (Å²) < 4.78 is 10.1. The van der Waals surface area contributed by atoms with Crippen molar-refractivity contribution in [1.29, 1.82) is 0 Å². The third-order valence-corrected chi connectivity index (χ3v) is 4.33. The van der Waals surface area contributed by atoms with Crippen LogP contribution in [0, 0.1) is 5.92 Å². The highest BCUT2D eigenvalue weighted by atomic mass is 16.5. The molecule has 1 saturated carbocycles. The van der Waals surface area contributed by atoms with E-state index in [0.29, 0.717) is 12.3 Å². The Morgan fingerprint density at radius 3 is 2.55 bits per heavy atom. The maximum atomic E-state index is 12.7. The van der Waals surface area contributed by atoms with Crippen LogP contribution in [0.1, 0.15) is 56.0 Å². The molecule has 1 fully saturated rings. The average molecular weight is 307 g/mol. The molecule has 2 rings (SSSR count). The van der Waals surface area contributed by atoms with Crippen LogP contribution in [0.15, 0.2) is 22.8 Å². The van der Waals surface area contributed by atoms with Gasteiger partial charge in [-0.1, -0.05) is 32.6 Å². The van der Waals surface area contributed by atoms with Gasteiger partial charge in [0.05, 0.1) is 19.3 Å². The van der Waals surface area contributed by atoms with Crippen LogP contribution in [0.5, 0.6) is 0 Å². The first kappa shape index (κ1) is 16.6. The number of carbonyl (C=O) groups is 2. The Hall–Kier alpha value is -1.78. The summed E-state index contributed by atoms with van der Waals surface area (Å²) in [6, 6.07) is 3.56. The summed E-state index contributed by atoms with van der Waals surface area (Å²) >= 11 is 0. The van der Waals surface area contributed by atoms with Crippen molar-refractivity contribution in [2.75, 3.05) is 13.7 Å². The lowest BCUT2D eigenvalue weighted by molar-refractivity contribution is -0.145. The number of amides is 1. The van der Waals surface area contributed by atoms with Crippen LogP contribution in [0.3, 0.4) is 0 Å². The van der Waals surface area contributed by atoms with E-state index >= 15 is 0 Å². The first-order valence-electron chi connectivity index (χ1n) is 8.05. The van der Waals surface area contributed by atoms with Crippen LogP contribution in [0.25, 0.3) is 0 Å². The van der Waals surface area contributed by atoms with E-state index in [0.717, 1.165) is 25.7 Å². The molecule has 1 aromatic heterocycles. The van der Waals surface area contributed by atoms with Crippen molar-refractivity contribution < 1.29 is 18.7 Å². The standard InChI is InChI=1S/C17H25NO4/c1-13(17(20)21-2)12-18(14-8-5-3-4-6-9-14)16(19)15-10-7-11-22-15/h7,10-11,13-14H,3-6,8-9,12H2,1-2H3. The zero-order chi connectivity index (χ0) is 15.9. The van der Waals surface area contributed by atoms with Gasteiger partial charge in [-0.05, 0) is 25.0 Å². The summed E-state index contributed by atoms with van der Waals surface area (Å²) in [5.41, 5.74) is 0. The Morgan fingerprint density at radius 1 is 1.32 bits per heavy atom. The van der Waals surface area contributed by atoms with Gasteiger partial charge in [-0.2, -0.15) is 0 Å². The number of methoxy groups -OCH3 is 1. The molecule has 1 aliphatic rings. The summed E-state index contributed by atoms with van der Waals surface area (Å²) in [6.45, 7) is 2.17. The number of furan rings is 1. The molecule has 1 aliphatic carbocycles. The van der Waals surface area contributed by atoms with E-state index in [4.69, 9.17) is 9.15 Å². The van der Waals surface area contributed by atoms with Gasteiger partial charge in [0.15, 0.2) is 5.76 Å². The molecule has 1 aromatic rings. The molecule has 0 radical (unpaired) electrons. The van der Waals surface area contributed by atoms with Crippen molar-refractivity contribution in [2.45, 2.75) is 51.5 Å². The minimum atomic E-state index is -0.341. The lowest BCUT2D eigenvalue weighted by Crippen LogP contribution is -2.44. The minimum absolute atomic E-state index is 0.132. The van der Waals surface area contributed by atoms with E-state index < -0.39 is 0 Å². The Morgan fingerprint density at radius 2 is 2.00 bits per heavy atom. The molecule has 0 aliphatic heterocycles. The van der Waals surface area contributed by atoms with Crippen LogP contribution in [-0.4, -0.2) is 36.5 Å². The minimum Gasteiger partial charge on any atom is -0.469 e. The second-order valence-electron chi connectivity index (χ2n) is 6.00. The largest absolute Gasteiger partial charge is 0.469 e. The molecular formula is C17H25NO4. The van der Waals surface area contributed by atoms with E-state index in [1.807, 2.05) is 4.90 Å². The maximum absolute atomic E-state index is 12.7. The molecule has 5 heteroatoms. The molecule has 1 heterocycles. The topological polar surface area (TPSA) is 59.8 Å². The third kappa shape index (κ3) is 4.12. The molecule has 0 aromatic carbocycles. The smallest absolute Gasteiger partial charge is 0.310 e. The van der Waals surface area contributed by atoms with Gasteiger partial charge in [-0.15, -0.1) is 0 Å². The number of esters is 1. The lowest BCUT2D eigenvalue weighted by atomic mass is 10.0. The predicted octanol–water partition coefficient (Wildman–Crippen LogP) is 3.25. The van der Waals surface area contributed by atoms with Crippen molar-refractivity contribution in [3.63, 3.8) is 0 Å². The molecular weight excluding hydrogens is 282 g/mol. The number of nitrogens with zero attached hydrogens (tertiary/aromatic N) is 1. The fourth-order valence-corrected chi connectivity index (χ4v) is 3.08. The highest BCUT2D eigenvalue weighted by Gasteiger charge is 2.30. The second-order valence-corrected chi connectivity index (χ2v) is 6.00. The fraction of sp³-hybridized carbons (Fsp3) is 0.647. The van der Waals surface area contributed by atoms with Gasteiger partial charge < -0.3 is 14.1 Å². The Balaban J connectivity index is 2.15. The molecule has 0 spiro atoms. The van der Waals surface area contributed by atoms with Crippen molar-refractivity contribution in [3.05, 3.63) is 24.2 Å². The molecule has 122 valence electrons. The summed E-state index contributed by atoms with van der Waals surface area (Å²) in [6.07, 6.45) is 8.15. The van der Waals surface area contributed by atoms with E-state index in [1.165, 1.54) is 26.2 Å². The van der Waals surface area contributed by atoms with Gasteiger partial charge in [0, 0.05) is 12.6 Å². The molecule has 5 nitrogen and oxygen atoms in total. The van der Waals surface area contributed by atoms with Gasteiger partial charge in [0.2, 0.25) is 0 Å². The number of hydrogen-bond donors (Lipinski definition) is 0. The Labute approximate surface area is 131 Å². The van der Waals surface area contributed by atoms with Crippen molar-refractivity contribution in [3.8, 4) is 0 Å². The normalized spacial score (nSPS) is 17.5. The van der Waals surface area contributed by atoms with Crippen LogP contribution >= 0.6 is 0 Å². The number of rotatable bonds is 5. The van der Waals surface area contributed by atoms with Crippen LogP contribution < -0.4 is 0 Å². The monoisotopic (exact) mass is 307 g/mol.